The van der Waals surface area contributed by atoms with Gasteiger partial charge in [0.15, 0.2) is 5.82 Å². The Morgan fingerprint density at radius 3 is 3.00 bits per heavy atom. The predicted molar refractivity (Wildman–Crippen MR) is 79.4 cm³/mol. The van der Waals surface area contributed by atoms with E-state index >= 15 is 0 Å². The van der Waals surface area contributed by atoms with Crippen molar-refractivity contribution in [1.82, 2.24) is 15.5 Å². The molecule has 112 valence electrons. The van der Waals surface area contributed by atoms with Gasteiger partial charge in [-0.25, -0.2) is 0 Å². The summed E-state index contributed by atoms with van der Waals surface area (Å²) in [5.74, 6) is 3.02. The van der Waals surface area contributed by atoms with Crippen LogP contribution < -0.4 is 10.1 Å². The Morgan fingerprint density at radius 2 is 2.19 bits per heavy atom. The van der Waals surface area contributed by atoms with Crippen molar-refractivity contribution >= 4 is 0 Å². The summed E-state index contributed by atoms with van der Waals surface area (Å²) >= 11 is 0. The number of aromatic nitrogens is 2. The summed E-state index contributed by atoms with van der Waals surface area (Å²) in [4.78, 5) is 4.52. The van der Waals surface area contributed by atoms with Crippen molar-refractivity contribution in [2.45, 2.75) is 25.7 Å². The fraction of sp³-hybridized carbons (Fsp3) is 0.500. The number of hydrogen-bond acceptors (Lipinski definition) is 5. The van der Waals surface area contributed by atoms with Crippen LogP contribution in [0.1, 0.15) is 30.1 Å². The van der Waals surface area contributed by atoms with Crippen LogP contribution in [0.15, 0.2) is 28.8 Å². The van der Waals surface area contributed by atoms with E-state index in [1.165, 1.54) is 12.8 Å². The highest BCUT2D eigenvalue weighted by Crippen LogP contribution is 2.18. The highest BCUT2D eigenvalue weighted by atomic mass is 16.5. The molecule has 1 aliphatic rings. The van der Waals surface area contributed by atoms with Gasteiger partial charge in [-0.2, -0.15) is 4.98 Å². The van der Waals surface area contributed by atoms with E-state index in [9.17, 15) is 0 Å². The van der Waals surface area contributed by atoms with Crippen molar-refractivity contribution in [2.24, 2.45) is 5.92 Å². The zero-order chi connectivity index (χ0) is 14.5. The van der Waals surface area contributed by atoms with Gasteiger partial charge in [0.1, 0.15) is 5.75 Å². The Bertz CT molecular complexity index is 576. The summed E-state index contributed by atoms with van der Waals surface area (Å²) in [7, 11) is 1.67. The molecule has 0 unspecified atom stereocenters. The highest BCUT2D eigenvalue weighted by Gasteiger charge is 2.17. The molecular formula is C16H21N3O2. The molecule has 5 nitrogen and oxygen atoms in total. The van der Waals surface area contributed by atoms with Gasteiger partial charge in [-0.1, -0.05) is 17.3 Å². The number of piperidine rings is 1. The lowest BCUT2D eigenvalue weighted by atomic mass is 9.95. The Balaban J connectivity index is 1.61. The molecule has 0 aliphatic carbocycles. The number of nitrogens with one attached hydrogen (secondary N) is 1. The lowest BCUT2D eigenvalue weighted by Gasteiger charge is -2.20. The first-order valence-corrected chi connectivity index (χ1v) is 7.48. The molecule has 1 N–H and O–H groups in total. The molecule has 21 heavy (non-hydrogen) atoms. The van der Waals surface area contributed by atoms with E-state index in [0.717, 1.165) is 42.5 Å². The van der Waals surface area contributed by atoms with Crippen LogP contribution in [-0.2, 0) is 12.8 Å². The minimum Gasteiger partial charge on any atom is -0.497 e. The standard InChI is InChI=1S/C16H21N3O2/c1-20-14-4-2-3-13(9-14)10-15-18-16(21-19-15)11-12-5-7-17-8-6-12/h2-4,9,12,17H,5-8,10-11H2,1H3. The highest BCUT2D eigenvalue weighted by molar-refractivity contribution is 5.30. The Kier molecular flexibility index (Phi) is 4.50. The molecule has 1 saturated heterocycles. The topological polar surface area (TPSA) is 60.2 Å². The Labute approximate surface area is 124 Å². The fourth-order valence-electron chi connectivity index (χ4n) is 2.74. The van der Waals surface area contributed by atoms with Gasteiger partial charge in [0.25, 0.3) is 0 Å². The quantitative estimate of drug-likeness (QED) is 0.913. The largest absolute Gasteiger partial charge is 0.497 e. The van der Waals surface area contributed by atoms with Crippen LogP contribution in [0.4, 0.5) is 0 Å². The van der Waals surface area contributed by atoms with E-state index in [1.54, 1.807) is 7.11 Å². The second-order valence-electron chi connectivity index (χ2n) is 5.53. The first kappa shape index (κ1) is 14.1. The monoisotopic (exact) mass is 287 g/mol. The van der Waals surface area contributed by atoms with Gasteiger partial charge in [0, 0.05) is 12.8 Å². The maximum absolute atomic E-state index is 5.38. The van der Waals surface area contributed by atoms with Crippen LogP contribution in [-0.4, -0.2) is 30.3 Å². The molecule has 2 aromatic rings. The first-order chi connectivity index (χ1) is 10.3. The van der Waals surface area contributed by atoms with Crippen molar-refractivity contribution in [3.63, 3.8) is 0 Å². The van der Waals surface area contributed by atoms with Gasteiger partial charge in [-0.05, 0) is 49.5 Å². The van der Waals surface area contributed by atoms with E-state index in [0.29, 0.717) is 12.3 Å². The van der Waals surface area contributed by atoms with Gasteiger partial charge >= 0.3 is 0 Å². The summed E-state index contributed by atoms with van der Waals surface area (Å²) in [5.41, 5.74) is 1.13. The maximum Gasteiger partial charge on any atom is 0.226 e. The van der Waals surface area contributed by atoms with Crippen molar-refractivity contribution in [3.05, 3.63) is 41.5 Å². The second-order valence-corrected chi connectivity index (χ2v) is 5.53. The smallest absolute Gasteiger partial charge is 0.226 e. The molecule has 0 spiro atoms. The first-order valence-electron chi connectivity index (χ1n) is 7.48. The third kappa shape index (κ3) is 3.82. The van der Waals surface area contributed by atoms with E-state index in [-0.39, 0.29) is 0 Å². The Hall–Kier alpha value is -1.88. The van der Waals surface area contributed by atoms with Crippen LogP contribution in [0.2, 0.25) is 0 Å². The maximum atomic E-state index is 5.38. The summed E-state index contributed by atoms with van der Waals surface area (Å²) in [6, 6.07) is 7.96. The van der Waals surface area contributed by atoms with Gasteiger partial charge in [-0.15, -0.1) is 0 Å². The minimum atomic E-state index is 0.663. The average Bonchev–Trinajstić information content (AvgIpc) is 2.95. The van der Waals surface area contributed by atoms with Crippen LogP contribution in [0.25, 0.3) is 0 Å². The number of hydrogen-bond donors (Lipinski definition) is 1. The summed E-state index contributed by atoms with van der Waals surface area (Å²) in [6.07, 6.45) is 3.95. The van der Waals surface area contributed by atoms with Crippen molar-refractivity contribution in [3.8, 4) is 5.75 Å². The zero-order valence-electron chi connectivity index (χ0n) is 12.3. The molecule has 1 aromatic carbocycles. The molecule has 1 aliphatic heterocycles. The molecule has 5 heteroatoms. The van der Waals surface area contributed by atoms with Gasteiger partial charge in [0.05, 0.1) is 7.11 Å². The molecule has 0 amide bonds. The Morgan fingerprint density at radius 1 is 1.33 bits per heavy atom. The number of methoxy groups -OCH3 is 1. The predicted octanol–water partition coefficient (Wildman–Crippen LogP) is 2.21. The van der Waals surface area contributed by atoms with Crippen LogP contribution in [0.3, 0.4) is 0 Å². The normalized spacial score (nSPS) is 16.0. The van der Waals surface area contributed by atoms with Crippen molar-refractivity contribution in [2.75, 3.05) is 20.2 Å². The van der Waals surface area contributed by atoms with E-state index < -0.39 is 0 Å². The second kappa shape index (κ2) is 6.72. The number of benzene rings is 1. The minimum absolute atomic E-state index is 0.663. The molecule has 0 radical (unpaired) electrons. The lowest BCUT2D eigenvalue weighted by molar-refractivity contribution is 0.312. The number of ether oxygens (including phenoxy) is 1. The van der Waals surface area contributed by atoms with E-state index in [1.807, 2.05) is 24.3 Å². The fourth-order valence-corrected chi connectivity index (χ4v) is 2.74. The van der Waals surface area contributed by atoms with Crippen molar-refractivity contribution in [1.29, 1.82) is 0 Å². The third-order valence-electron chi connectivity index (χ3n) is 3.93. The molecule has 3 rings (SSSR count). The SMILES string of the molecule is COc1cccc(Cc2noc(CC3CCNCC3)n2)c1. The van der Waals surface area contributed by atoms with E-state index in [4.69, 9.17) is 9.26 Å². The number of nitrogens with zero attached hydrogens (tertiary/aromatic N) is 2. The summed E-state index contributed by atoms with van der Waals surface area (Å²) < 4.78 is 10.6. The summed E-state index contributed by atoms with van der Waals surface area (Å²) in [5, 5.41) is 7.46. The van der Waals surface area contributed by atoms with Crippen LogP contribution >= 0.6 is 0 Å². The van der Waals surface area contributed by atoms with Crippen LogP contribution in [0.5, 0.6) is 5.75 Å². The number of rotatable bonds is 5. The molecule has 0 saturated carbocycles. The van der Waals surface area contributed by atoms with E-state index in [2.05, 4.69) is 15.5 Å². The van der Waals surface area contributed by atoms with Gasteiger partial charge < -0.3 is 14.6 Å². The molecule has 1 fully saturated rings. The molecular weight excluding hydrogens is 266 g/mol. The lowest BCUT2D eigenvalue weighted by Crippen LogP contribution is -2.28. The van der Waals surface area contributed by atoms with Crippen LogP contribution in [0, 0.1) is 5.92 Å². The van der Waals surface area contributed by atoms with Gasteiger partial charge in [0.2, 0.25) is 5.89 Å². The molecule has 2 heterocycles. The van der Waals surface area contributed by atoms with Crippen molar-refractivity contribution < 1.29 is 9.26 Å². The molecule has 0 atom stereocenters. The average molecular weight is 287 g/mol. The van der Waals surface area contributed by atoms with Gasteiger partial charge in [-0.3, -0.25) is 0 Å². The molecule has 1 aromatic heterocycles. The molecule has 0 bridgehead atoms. The third-order valence-corrected chi connectivity index (χ3v) is 3.93. The summed E-state index contributed by atoms with van der Waals surface area (Å²) in [6.45, 7) is 2.19. The zero-order valence-corrected chi connectivity index (χ0v) is 12.3.